The summed E-state index contributed by atoms with van der Waals surface area (Å²) in [6.45, 7) is 6.45. The molecule has 2 aliphatic rings. The molecule has 0 saturated heterocycles. The second-order valence-corrected chi connectivity index (χ2v) is 7.80. The second kappa shape index (κ2) is 6.66. The number of rotatable bonds is 5. The number of anilines is 3. The van der Waals surface area contributed by atoms with Crippen molar-refractivity contribution in [2.45, 2.75) is 71.3 Å². The molecule has 0 aliphatic heterocycles. The summed E-state index contributed by atoms with van der Waals surface area (Å²) < 4.78 is 0. The number of nitrogens with zero attached hydrogens (tertiary/aromatic N) is 2. The van der Waals surface area contributed by atoms with E-state index >= 15 is 0 Å². The summed E-state index contributed by atoms with van der Waals surface area (Å²) in [6, 6.07) is 7.10. The van der Waals surface area contributed by atoms with Crippen molar-refractivity contribution in [1.82, 2.24) is 9.97 Å². The van der Waals surface area contributed by atoms with E-state index in [2.05, 4.69) is 49.6 Å². The van der Waals surface area contributed by atoms with Gasteiger partial charge in [-0.05, 0) is 57.6 Å². The number of aromatic nitrogens is 2. The van der Waals surface area contributed by atoms with Gasteiger partial charge in [0.05, 0.1) is 5.69 Å². The molecule has 4 heteroatoms. The fourth-order valence-electron chi connectivity index (χ4n) is 3.94. The number of hydrogen-bond acceptors (Lipinski definition) is 4. The van der Waals surface area contributed by atoms with Crippen LogP contribution in [0.5, 0.6) is 0 Å². The van der Waals surface area contributed by atoms with Gasteiger partial charge in [-0.3, -0.25) is 0 Å². The maximum atomic E-state index is 4.80. The zero-order valence-electron chi connectivity index (χ0n) is 15.5. The fraction of sp³-hybridized carbons (Fsp3) is 0.524. The zero-order valence-corrected chi connectivity index (χ0v) is 15.5. The van der Waals surface area contributed by atoms with E-state index in [-0.39, 0.29) is 0 Å². The van der Waals surface area contributed by atoms with Crippen molar-refractivity contribution in [2.75, 3.05) is 10.6 Å². The van der Waals surface area contributed by atoms with Gasteiger partial charge in [-0.1, -0.05) is 30.5 Å². The minimum absolute atomic E-state index is 0.533. The highest BCUT2D eigenvalue weighted by molar-refractivity contribution is 5.66. The third-order valence-corrected chi connectivity index (χ3v) is 5.36. The van der Waals surface area contributed by atoms with Gasteiger partial charge in [0.1, 0.15) is 5.82 Å². The van der Waals surface area contributed by atoms with E-state index in [0.717, 1.165) is 17.5 Å². The van der Waals surface area contributed by atoms with Gasteiger partial charge in [0.2, 0.25) is 5.95 Å². The Morgan fingerprint density at radius 1 is 0.880 bits per heavy atom. The van der Waals surface area contributed by atoms with Crippen LogP contribution in [0.2, 0.25) is 0 Å². The van der Waals surface area contributed by atoms with Crippen LogP contribution in [0, 0.1) is 20.8 Å². The Morgan fingerprint density at radius 2 is 1.56 bits per heavy atom. The number of benzene rings is 1. The average molecular weight is 336 g/mol. The van der Waals surface area contributed by atoms with Crippen molar-refractivity contribution in [2.24, 2.45) is 0 Å². The third-order valence-electron chi connectivity index (χ3n) is 5.36. The van der Waals surface area contributed by atoms with Crippen LogP contribution < -0.4 is 10.6 Å². The predicted octanol–water partition coefficient (Wildman–Crippen LogP) is 5.38. The summed E-state index contributed by atoms with van der Waals surface area (Å²) in [7, 11) is 0. The molecule has 132 valence electrons. The van der Waals surface area contributed by atoms with Crippen molar-refractivity contribution in [1.29, 1.82) is 0 Å². The first-order valence-corrected chi connectivity index (χ1v) is 9.59. The van der Waals surface area contributed by atoms with Crippen LogP contribution in [0.4, 0.5) is 17.5 Å². The van der Waals surface area contributed by atoms with Crippen molar-refractivity contribution in [3.8, 4) is 0 Å². The molecule has 4 rings (SSSR count). The zero-order chi connectivity index (χ0) is 17.4. The molecule has 0 amide bonds. The first-order chi connectivity index (χ1) is 12.1. The normalized spacial score (nSPS) is 17.7. The SMILES string of the molecule is Cc1cc(C)c(Nc2cc(C3CC3)nc(NC3CCCC3)n2)c(C)c1. The van der Waals surface area contributed by atoms with Crippen LogP contribution in [0.15, 0.2) is 18.2 Å². The maximum absolute atomic E-state index is 4.80. The molecule has 25 heavy (non-hydrogen) atoms. The summed E-state index contributed by atoms with van der Waals surface area (Å²) in [5.41, 5.74) is 6.16. The minimum atomic E-state index is 0.533. The Bertz CT molecular complexity index is 750. The van der Waals surface area contributed by atoms with Crippen LogP contribution in [-0.4, -0.2) is 16.0 Å². The van der Waals surface area contributed by atoms with Crippen molar-refractivity contribution >= 4 is 17.5 Å². The molecule has 0 spiro atoms. The summed E-state index contributed by atoms with van der Waals surface area (Å²) >= 11 is 0. The van der Waals surface area contributed by atoms with E-state index in [1.54, 1.807) is 0 Å². The molecule has 2 aliphatic carbocycles. The molecule has 2 N–H and O–H groups in total. The van der Waals surface area contributed by atoms with Crippen LogP contribution in [-0.2, 0) is 0 Å². The Morgan fingerprint density at radius 3 is 2.20 bits per heavy atom. The molecule has 0 atom stereocenters. The first kappa shape index (κ1) is 16.4. The van der Waals surface area contributed by atoms with Gasteiger partial charge in [-0.15, -0.1) is 0 Å². The molecule has 0 unspecified atom stereocenters. The number of hydrogen-bond donors (Lipinski definition) is 2. The van der Waals surface area contributed by atoms with Gasteiger partial charge in [-0.25, -0.2) is 4.98 Å². The van der Waals surface area contributed by atoms with E-state index < -0.39 is 0 Å². The Hall–Kier alpha value is -2.10. The topological polar surface area (TPSA) is 49.8 Å². The number of nitrogens with one attached hydrogen (secondary N) is 2. The summed E-state index contributed by atoms with van der Waals surface area (Å²) in [5.74, 6) is 2.32. The van der Waals surface area contributed by atoms with Gasteiger partial charge in [-0.2, -0.15) is 4.98 Å². The van der Waals surface area contributed by atoms with Gasteiger partial charge >= 0.3 is 0 Å². The molecule has 1 aromatic heterocycles. The highest BCUT2D eigenvalue weighted by atomic mass is 15.2. The van der Waals surface area contributed by atoms with E-state index in [4.69, 9.17) is 9.97 Å². The smallest absolute Gasteiger partial charge is 0.225 e. The van der Waals surface area contributed by atoms with Crippen LogP contribution in [0.1, 0.15) is 66.8 Å². The molecule has 2 aromatic rings. The summed E-state index contributed by atoms with van der Waals surface area (Å²) in [4.78, 5) is 9.57. The minimum Gasteiger partial charge on any atom is -0.351 e. The quantitative estimate of drug-likeness (QED) is 0.770. The average Bonchev–Trinajstić information content (AvgIpc) is 3.29. The second-order valence-electron chi connectivity index (χ2n) is 7.80. The van der Waals surface area contributed by atoms with Crippen LogP contribution in [0.3, 0.4) is 0 Å². The van der Waals surface area contributed by atoms with Crippen LogP contribution in [0.25, 0.3) is 0 Å². The summed E-state index contributed by atoms with van der Waals surface area (Å²) in [5, 5.41) is 7.13. The lowest BCUT2D eigenvalue weighted by Crippen LogP contribution is -2.17. The monoisotopic (exact) mass is 336 g/mol. The highest BCUT2D eigenvalue weighted by Crippen LogP contribution is 2.40. The lowest BCUT2D eigenvalue weighted by atomic mass is 10.1. The molecule has 1 aromatic carbocycles. The van der Waals surface area contributed by atoms with Crippen molar-refractivity contribution in [3.63, 3.8) is 0 Å². The maximum Gasteiger partial charge on any atom is 0.225 e. The van der Waals surface area contributed by atoms with Crippen molar-refractivity contribution < 1.29 is 0 Å². The van der Waals surface area contributed by atoms with E-state index in [1.807, 2.05) is 0 Å². The van der Waals surface area contributed by atoms with Gasteiger partial charge < -0.3 is 10.6 Å². The van der Waals surface area contributed by atoms with Crippen LogP contribution >= 0.6 is 0 Å². The van der Waals surface area contributed by atoms with Gasteiger partial charge in [0, 0.05) is 23.7 Å². The third kappa shape index (κ3) is 3.78. The highest BCUT2D eigenvalue weighted by Gasteiger charge is 2.27. The molecule has 0 radical (unpaired) electrons. The molecule has 4 nitrogen and oxygen atoms in total. The lowest BCUT2D eigenvalue weighted by Gasteiger charge is -2.17. The summed E-state index contributed by atoms with van der Waals surface area (Å²) in [6.07, 6.45) is 7.59. The fourth-order valence-corrected chi connectivity index (χ4v) is 3.94. The number of aryl methyl sites for hydroxylation is 3. The van der Waals surface area contributed by atoms with E-state index in [1.165, 1.54) is 60.9 Å². The molecule has 2 saturated carbocycles. The largest absolute Gasteiger partial charge is 0.351 e. The first-order valence-electron chi connectivity index (χ1n) is 9.59. The molecule has 1 heterocycles. The lowest BCUT2D eigenvalue weighted by molar-refractivity contribution is 0.742. The molecular weight excluding hydrogens is 308 g/mol. The van der Waals surface area contributed by atoms with Gasteiger partial charge in [0.25, 0.3) is 0 Å². The standard InChI is InChI=1S/C21H28N4/c1-13-10-14(2)20(15(3)11-13)24-19-12-18(16-8-9-16)23-21(25-19)22-17-6-4-5-7-17/h10-12,16-17H,4-9H2,1-3H3,(H2,22,23,24,25). The van der Waals surface area contributed by atoms with Crippen molar-refractivity contribution in [3.05, 3.63) is 40.6 Å². The predicted molar refractivity (Wildman–Crippen MR) is 104 cm³/mol. The van der Waals surface area contributed by atoms with Gasteiger partial charge in [0.15, 0.2) is 0 Å². The Kier molecular flexibility index (Phi) is 4.36. The molecule has 2 fully saturated rings. The molecular formula is C21H28N4. The molecule has 0 bridgehead atoms. The Balaban J connectivity index is 1.63. The van der Waals surface area contributed by atoms with E-state index in [0.29, 0.717) is 12.0 Å². The van der Waals surface area contributed by atoms with E-state index in [9.17, 15) is 0 Å². The Labute approximate surface area is 150 Å².